The average molecular weight is 228 g/mol. The molecule has 0 aromatic rings. The smallest absolute Gasteiger partial charge is 0.307 e. The molecule has 2 atom stereocenters. The molecule has 0 aliphatic carbocycles. The van der Waals surface area contributed by atoms with Crippen LogP contribution >= 0.6 is 0 Å². The average Bonchev–Trinajstić information content (AvgIpc) is 2.22. The molecule has 0 spiro atoms. The fourth-order valence-electron chi connectivity index (χ4n) is 1.71. The van der Waals surface area contributed by atoms with E-state index < -0.39 is 6.04 Å². The Morgan fingerprint density at radius 3 is 2.81 bits per heavy atom. The molecular weight excluding hydrogens is 212 g/mol. The fourth-order valence-corrected chi connectivity index (χ4v) is 1.71. The van der Waals surface area contributed by atoms with E-state index in [4.69, 9.17) is 0 Å². The quantitative estimate of drug-likeness (QED) is 0.510. The summed E-state index contributed by atoms with van der Waals surface area (Å²) in [6.45, 7) is 3.62. The van der Waals surface area contributed by atoms with Crippen molar-refractivity contribution in [1.29, 1.82) is 0 Å². The van der Waals surface area contributed by atoms with Gasteiger partial charge < -0.3 is 4.74 Å². The summed E-state index contributed by atoms with van der Waals surface area (Å²) in [4.78, 5) is 35.4. The predicted octanol–water partition coefficient (Wildman–Crippen LogP) is -0.715. The van der Waals surface area contributed by atoms with Gasteiger partial charge in [0.25, 0.3) is 0 Å². The lowest BCUT2D eigenvalue weighted by Crippen LogP contribution is -2.59. The number of hydrogen-bond acceptors (Lipinski definition) is 5. The Balaban J connectivity index is 2.66. The summed E-state index contributed by atoms with van der Waals surface area (Å²) in [5.41, 5.74) is 0. The minimum absolute atomic E-state index is 0.130. The molecule has 0 aromatic heterocycles. The van der Waals surface area contributed by atoms with Crippen molar-refractivity contribution in [1.82, 2.24) is 10.2 Å². The molecule has 0 saturated carbocycles. The number of methoxy groups -OCH3 is 1. The molecule has 1 rings (SSSR count). The van der Waals surface area contributed by atoms with Crippen molar-refractivity contribution >= 4 is 17.8 Å². The Kier molecular flexibility index (Phi) is 4.00. The van der Waals surface area contributed by atoms with E-state index in [9.17, 15) is 14.4 Å². The van der Waals surface area contributed by atoms with Crippen LogP contribution in [0, 0.1) is 0 Å². The SMILES string of the molecule is COC(=O)CC(C)N1CC(=O)NC(=O)C1C. The molecule has 1 saturated heterocycles. The predicted molar refractivity (Wildman–Crippen MR) is 55.4 cm³/mol. The van der Waals surface area contributed by atoms with Gasteiger partial charge in [-0.15, -0.1) is 0 Å². The molecule has 16 heavy (non-hydrogen) atoms. The number of piperazine rings is 1. The van der Waals surface area contributed by atoms with E-state index in [1.54, 1.807) is 18.7 Å². The lowest BCUT2D eigenvalue weighted by Gasteiger charge is -2.35. The van der Waals surface area contributed by atoms with E-state index in [0.717, 1.165) is 0 Å². The second kappa shape index (κ2) is 5.07. The maximum absolute atomic E-state index is 11.4. The number of hydrogen-bond donors (Lipinski definition) is 1. The first-order chi connectivity index (χ1) is 7.45. The molecule has 1 aliphatic rings. The van der Waals surface area contributed by atoms with Gasteiger partial charge in [-0.05, 0) is 13.8 Å². The van der Waals surface area contributed by atoms with Gasteiger partial charge in [-0.1, -0.05) is 0 Å². The molecule has 2 unspecified atom stereocenters. The number of amides is 2. The number of nitrogens with one attached hydrogen (secondary N) is 1. The molecule has 1 aliphatic heterocycles. The standard InChI is InChI=1S/C10H16N2O4/c1-6(4-9(14)16-3)12-5-8(13)11-10(15)7(12)2/h6-7H,4-5H2,1-3H3,(H,11,13,15). The van der Waals surface area contributed by atoms with Crippen molar-refractivity contribution in [3.63, 3.8) is 0 Å². The number of carbonyl (C=O) groups is 3. The van der Waals surface area contributed by atoms with Gasteiger partial charge in [-0.3, -0.25) is 24.6 Å². The summed E-state index contributed by atoms with van der Waals surface area (Å²) in [5, 5.41) is 2.25. The van der Waals surface area contributed by atoms with Gasteiger partial charge in [-0.25, -0.2) is 0 Å². The van der Waals surface area contributed by atoms with E-state index >= 15 is 0 Å². The minimum Gasteiger partial charge on any atom is -0.469 e. The Bertz CT molecular complexity index is 316. The molecule has 1 N–H and O–H groups in total. The second-order valence-electron chi connectivity index (χ2n) is 3.89. The monoisotopic (exact) mass is 228 g/mol. The van der Waals surface area contributed by atoms with Crippen LogP contribution in [0.25, 0.3) is 0 Å². The van der Waals surface area contributed by atoms with Crippen LogP contribution in [0.3, 0.4) is 0 Å². The van der Waals surface area contributed by atoms with Crippen molar-refractivity contribution in [2.24, 2.45) is 0 Å². The van der Waals surface area contributed by atoms with Crippen LogP contribution in [0.1, 0.15) is 20.3 Å². The van der Waals surface area contributed by atoms with Crippen LogP contribution < -0.4 is 5.32 Å². The fraction of sp³-hybridized carbons (Fsp3) is 0.700. The minimum atomic E-state index is -0.405. The summed E-state index contributed by atoms with van der Waals surface area (Å²) < 4.78 is 4.55. The molecule has 1 fully saturated rings. The first-order valence-corrected chi connectivity index (χ1v) is 5.12. The summed E-state index contributed by atoms with van der Waals surface area (Å²) in [5.74, 6) is -1.01. The van der Waals surface area contributed by atoms with E-state index in [2.05, 4.69) is 10.1 Å². The molecule has 6 nitrogen and oxygen atoms in total. The molecule has 6 heteroatoms. The lowest BCUT2D eigenvalue weighted by atomic mass is 10.1. The Labute approximate surface area is 93.9 Å². The highest BCUT2D eigenvalue weighted by atomic mass is 16.5. The highest BCUT2D eigenvalue weighted by Gasteiger charge is 2.33. The number of carbonyl (C=O) groups excluding carboxylic acids is 3. The first kappa shape index (κ1) is 12.6. The second-order valence-corrected chi connectivity index (χ2v) is 3.89. The molecule has 0 bridgehead atoms. The van der Waals surface area contributed by atoms with Crippen LogP contribution in [0.2, 0.25) is 0 Å². The van der Waals surface area contributed by atoms with Gasteiger partial charge in [-0.2, -0.15) is 0 Å². The van der Waals surface area contributed by atoms with Crippen LogP contribution in [0.5, 0.6) is 0 Å². The number of imide groups is 1. The van der Waals surface area contributed by atoms with Crippen molar-refractivity contribution < 1.29 is 19.1 Å². The van der Waals surface area contributed by atoms with Gasteiger partial charge >= 0.3 is 5.97 Å². The number of esters is 1. The third-order valence-electron chi connectivity index (χ3n) is 2.72. The first-order valence-electron chi connectivity index (χ1n) is 5.12. The number of nitrogens with zero attached hydrogens (tertiary/aromatic N) is 1. The zero-order valence-corrected chi connectivity index (χ0v) is 9.65. The topological polar surface area (TPSA) is 75.7 Å². The van der Waals surface area contributed by atoms with Gasteiger partial charge in [0.2, 0.25) is 11.8 Å². The third-order valence-corrected chi connectivity index (χ3v) is 2.72. The summed E-state index contributed by atoms with van der Waals surface area (Å²) in [6, 6.07) is -0.602. The molecule has 90 valence electrons. The van der Waals surface area contributed by atoms with Crippen molar-refractivity contribution in [3.8, 4) is 0 Å². The van der Waals surface area contributed by atoms with Gasteiger partial charge in [0.1, 0.15) is 0 Å². The Morgan fingerprint density at radius 1 is 1.62 bits per heavy atom. The number of rotatable bonds is 3. The Morgan fingerprint density at radius 2 is 2.25 bits per heavy atom. The molecule has 0 aromatic carbocycles. The summed E-state index contributed by atoms with van der Waals surface area (Å²) in [7, 11) is 1.31. The summed E-state index contributed by atoms with van der Waals surface area (Å²) >= 11 is 0. The highest BCUT2D eigenvalue weighted by Crippen LogP contribution is 2.12. The lowest BCUT2D eigenvalue weighted by molar-refractivity contribution is -0.146. The Hall–Kier alpha value is -1.43. The van der Waals surface area contributed by atoms with E-state index in [1.165, 1.54) is 7.11 Å². The number of ether oxygens (including phenoxy) is 1. The maximum Gasteiger partial charge on any atom is 0.307 e. The zero-order valence-electron chi connectivity index (χ0n) is 9.65. The van der Waals surface area contributed by atoms with Crippen LogP contribution in [0.15, 0.2) is 0 Å². The van der Waals surface area contributed by atoms with Gasteiger partial charge in [0.05, 0.1) is 26.1 Å². The van der Waals surface area contributed by atoms with Crippen molar-refractivity contribution in [3.05, 3.63) is 0 Å². The molecular formula is C10H16N2O4. The van der Waals surface area contributed by atoms with Crippen LogP contribution in [-0.4, -0.2) is 48.4 Å². The van der Waals surface area contributed by atoms with E-state index in [-0.39, 0.29) is 36.8 Å². The molecule has 1 heterocycles. The third kappa shape index (κ3) is 2.79. The molecule has 2 amide bonds. The van der Waals surface area contributed by atoms with Crippen LogP contribution in [-0.2, 0) is 19.1 Å². The van der Waals surface area contributed by atoms with E-state index in [1.807, 2.05) is 0 Å². The van der Waals surface area contributed by atoms with Crippen molar-refractivity contribution in [2.75, 3.05) is 13.7 Å². The largest absolute Gasteiger partial charge is 0.469 e. The van der Waals surface area contributed by atoms with Crippen LogP contribution in [0.4, 0.5) is 0 Å². The normalized spacial score (nSPS) is 23.8. The highest BCUT2D eigenvalue weighted by molar-refractivity contribution is 6.00. The van der Waals surface area contributed by atoms with E-state index in [0.29, 0.717) is 0 Å². The van der Waals surface area contributed by atoms with Gasteiger partial charge in [0, 0.05) is 6.04 Å². The zero-order chi connectivity index (χ0) is 12.3. The molecule has 0 radical (unpaired) electrons. The summed E-state index contributed by atoms with van der Waals surface area (Å²) in [6.07, 6.45) is 0.168. The van der Waals surface area contributed by atoms with Gasteiger partial charge in [0.15, 0.2) is 0 Å². The van der Waals surface area contributed by atoms with Crippen molar-refractivity contribution in [2.45, 2.75) is 32.4 Å². The maximum atomic E-state index is 11.4.